The Labute approximate surface area is 214 Å². The van der Waals surface area contributed by atoms with Gasteiger partial charge in [-0.15, -0.1) is 0 Å². The third-order valence-electron chi connectivity index (χ3n) is 8.03. The molecule has 0 N–H and O–H groups in total. The van der Waals surface area contributed by atoms with Crippen LogP contribution in [0.15, 0.2) is 72.8 Å². The summed E-state index contributed by atoms with van der Waals surface area (Å²) in [5.74, 6) is 1.76. The Morgan fingerprint density at radius 2 is 1.56 bits per heavy atom. The molecule has 2 fully saturated rings. The maximum Gasteiger partial charge on any atom is 0.210 e. The van der Waals surface area contributed by atoms with E-state index in [1.165, 1.54) is 22.3 Å². The normalized spacial score (nSPS) is 19.7. The molecule has 2 aliphatic rings. The molecular weight excluding hydrogens is 448 g/mol. The van der Waals surface area contributed by atoms with Crippen molar-refractivity contribution >= 4 is 6.41 Å². The number of ether oxygens (including phenoxy) is 2. The fourth-order valence-corrected chi connectivity index (χ4v) is 6.17. The van der Waals surface area contributed by atoms with Gasteiger partial charge >= 0.3 is 0 Å². The lowest BCUT2D eigenvalue weighted by atomic mass is 9.69. The summed E-state index contributed by atoms with van der Waals surface area (Å²) in [6, 6.07) is 26.2. The Hall–Kier alpha value is -3.31. The second kappa shape index (κ2) is 10.8. The Bertz CT molecular complexity index is 1110. The second-order valence-corrected chi connectivity index (χ2v) is 10.1. The van der Waals surface area contributed by atoms with Crippen molar-refractivity contribution in [3.8, 4) is 11.5 Å². The van der Waals surface area contributed by atoms with Crippen LogP contribution >= 0.6 is 0 Å². The van der Waals surface area contributed by atoms with Crippen LogP contribution in [-0.4, -0.2) is 50.1 Å². The topological polar surface area (TPSA) is 42.0 Å². The number of rotatable bonds is 8. The van der Waals surface area contributed by atoms with Crippen molar-refractivity contribution < 1.29 is 14.3 Å². The van der Waals surface area contributed by atoms with Crippen LogP contribution in [0.25, 0.3) is 0 Å². The van der Waals surface area contributed by atoms with Crippen molar-refractivity contribution in [3.05, 3.63) is 95.1 Å². The SMILES string of the molecule is COc1ccc(C2(c3ccc(OC)cc3)CCCN(Cc3cccc(C4CCCN4C=O)c3)C2)cc1. The first kappa shape index (κ1) is 24.4. The molecule has 0 radical (unpaired) electrons. The predicted octanol–water partition coefficient (Wildman–Crippen LogP) is 5.58. The number of amides is 1. The summed E-state index contributed by atoms with van der Waals surface area (Å²) in [7, 11) is 3.43. The molecule has 1 unspecified atom stereocenters. The Morgan fingerprint density at radius 1 is 0.889 bits per heavy atom. The zero-order chi connectivity index (χ0) is 25.0. The molecule has 3 aromatic rings. The van der Waals surface area contributed by atoms with E-state index < -0.39 is 0 Å². The van der Waals surface area contributed by atoms with Crippen LogP contribution in [0.4, 0.5) is 0 Å². The smallest absolute Gasteiger partial charge is 0.210 e. The van der Waals surface area contributed by atoms with E-state index in [0.29, 0.717) is 0 Å². The zero-order valence-corrected chi connectivity index (χ0v) is 21.4. The fraction of sp³-hybridized carbons (Fsp3) is 0.387. The zero-order valence-electron chi connectivity index (χ0n) is 21.4. The van der Waals surface area contributed by atoms with E-state index in [0.717, 1.165) is 69.8 Å². The van der Waals surface area contributed by atoms with E-state index in [2.05, 4.69) is 77.7 Å². The van der Waals surface area contributed by atoms with Gasteiger partial charge in [-0.3, -0.25) is 9.69 Å². The minimum atomic E-state index is -0.103. The second-order valence-electron chi connectivity index (χ2n) is 10.1. The number of hydrogen-bond donors (Lipinski definition) is 0. The molecule has 0 aliphatic carbocycles. The number of carbonyl (C=O) groups is 1. The molecule has 2 saturated heterocycles. The van der Waals surface area contributed by atoms with Gasteiger partial charge in [0.15, 0.2) is 0 Å². The highest BCUT2D eigenvalue weighted by Gasteiger charge is 2.39. The van der Waals surface area contributed by atoms with E-state index in [1.807, 2.05) is 4.90 Å². The molecule has 188 valence electrons. The van der Waals surface area contributed by atoms with Gasteiger partial charge < -0.3 is 14.4 Å². The first-order valence-corrected chi connectivity index (χ1v) is 13.0. The van der Waals surface area contributed by atoms with Gasteiger partial charge in [-0.25, -0.2) is 0 Å². The van der Waals surface area contributed by atoms with Gasteiger partial charge in [0.1, 0.15) is 11.5 Å². The molecule has 1 atom stereocenters. The van der Waals surface area contributed by atoms with Crippen molar-refractivity contribution in [2.24, 2.45) is 0 Å². The predicted molar refractivity (Wildman–Crippen MR) is 142 cm³/mol. The van der Waals surface area contributed by atoms with Gasteiger partial charge in [0.25, 0.3) is 0 Å². The molecule has 3 aromatic carbocycles. The molecule has 0 aromatic heterocycles. The van der Waals surface area contributed by atoms with E-state index in [1.54, 1.807) is 14.2 Å². The maximum atomic E-state index is 11.5. The number of methoxy groups -OCH3 is 2. The molecule has 36 heavy (non-hydrogen) atoms. The van der Waals surface area contributed by atoms with Crippen molar-refractivity contribution in [3.63, 3.8) is 0 Å². The molecule has 5 rings (SSSR count). The van der Waals surface area contributed by atoms with Crippen LogP contribution in [0.1, 0.15) is 54.0 Å². The van der Waals surface area contributed by atoms with Gasteiger partial charge in [-0.1, -0.05) is 48.5 Å². The highest BCUT2D eigenvalue weighted by molar-refractivity contribution is 5.50. The molecular formula is C31H36N2O3. The molecule has 1 amide bonds. The Kier molecular flexibility index (Phi) is 7.28. The summed E-state index contributed by atoms with van der Waals surface area (Å²) in [6.07, 6.45) is 5.35. The summed E-state index contributed by atoms with van der Waals surface area (Å²) < 4.78 is 10.9. The van der Waals surface area contributed by atoms with E-state index in [4.69, 9.17) is 9.47 Å². The third-order valence-corrected chi connectivity index (χ3v) is 8.03. The van der Waals surface area contributed by atoms with Crippen molar-refractivity contribution in [2.75, 3.05) is 33.9 Å². The average Bonchev–Trinajstić information content (AvgIpc) is 3.42. The molecule has 0 spiro atoms. The minimum Gasteiger partial charge on any atom is -0.497 e. The average molecular weight is 485 g/mol. The van der Waals surface area contributed by atoms with Crippen molar-refractivity contribution in [2.45, 2.75) is 43.7 Å². The van der Waals surface area contributed by atoms with Crippen LogP contribution < -0.4 is 9.47 Å². The summed E-state index contributed by atoms with van der Waals surface area (Å²) in [6.45, 7) is 3.77. The highest BCUT2D eigenvalue weighted by Crippen LogP contribution is 2.42. The lowest BCUT2D eigenvalue weighted by molar-refractivity contribution is -0.118. The fourth-order valence-electron chi connectivity index (χ4n) is 6.17. The quantitative estimate of drug-likeness (QED) is 0.392. The van der Waals surface area contributed by atoms with E-state index >= 15 is 0 Å². The largest absolute Gasteiger partial charge is 0.497 e. The van der Waals surface area contributed by atoms with Gasteiger partial charge in [-0.05, 0) is 78.7 Å². The third kappa shape index (κ3) is 4.85. The lowest BCUT2D eigenvalue weighted by Crippen LogP contribution is -2.46. The Balaban J connectivity index is 1.43. The lowest BCUT2D eigenvalue weighted by Gasteiger charge is -2.44. The van der Waals surface area contributed by atoms with Gasteiger partial charge in [0.2, 0.25) is 6.41 Å². The standard InChI is InChI=1S/C31H36N2O3/c1-35-28-13-9-26(10-14-28)31(27-11-15-29(36-2)16-12-27)17-5-18-32(22-31)21-24-6-3-7-25(20-24)30-8-4-19-33(30)23-34/h3,6-7,9-16,20,23,30H,4-5,8,17-19,21-22H2,1-2H3. The monoisotopic (exact) mass is 484 g/mol. The van der Waals surface area contributed by atoms with Crippen LogP contribution in [0, 0.1) is 0 Å². The molecule has 0 bridgehead atoms. The summed E-state index contributed by atoms with van der Waals surface area (Å²) in [5.41, 5.74) is 5.10. The van der Waals surface area contributed by atoms with Crippen LogP contribution in [0.5, 0.6) is 11.5 Å². The van der Waals surface area contributed by atoms with Crippen molar-refractivity contribution in [1.82, 2.24) is 9.80 Å². The molecule has 5 heteroatoms. The minimum absolute atomic E-state index is 0.103. The molecule has 2 aliphatic heterocycles. The van der Waals surface area contributed by atoms with Crippen LogP contribution in [0.2, 0.25) is 0 Å². The number of likely N-dealkylation sites (tertiary alicyclic amines) is 2. The van der Waals surface area contributed by atoms with Crippen molar-refractivity contribution in [1.29, 1.82) is 0 Å². The number of carbonyl (C=O) groups excluding carboxylic acids is 1. The number of nitrogens with zero attached hydrogens (tertiary/aromatic N) is 2. The molecule has 5 nitrogen and oxygen atoms in total. The molecule has 0 saturated carbocycles. The van der Waals surface area contributed by atoms with E-state index in [-0.39, 0.29) is 11.5 Å². The first-order valence-electron chi connectivity index (χ1n) is 13.0. The van der Waals surface area contributed by atoms with Gasteiger partial charge in [0.05, 0.1) is 20.3 Å². The molecule has 2 heterocycles. The summed E-state index contributed by atoms with van der Waals surface area (Å²) in [5, 5.41) is 0. The Morgan fingerprint density at radius 3 is 2.17 bits per heavy atom. The number of benzene rings is 3. The first-order chi connectivity index (χ1) is 17.6. The maximum absolute atomic E-state index is 11.5. The van der Waals surface area contributed by atoms with Gasteiger partial charge in [-0.2, -0.15) is 0 Å². The highest BCUT2D eigenvalue weighted by atomic mass is 16.5. The van der Waals surface area contributed by atoms with Crippen LogP contribution in [0.3, 0.4) is 0 Å². The van der Waals surface area contributed by atoms with Gasteiger partial charge in [0, 0.05) is 25.0 Å². The number of hydrogen-bond acceptors (Lipinski definition) is 4. The number of piperidine rings is 1. The summed E-state index contributed by atoms with van der Waals surface area (Å²) >= 11 is 0. The van der Waals surface area contributed by atoms with E-state index in [9.17, 15) is 4.79 Å². The van der Waals surface area contributed by atoms with Crippen LogP contribution in [-0.2, 0) is 16.8 Å². The summed E-state index contributed by atoms with van der Waals surface area (Å²) in [4.78, 5) is 16.0.